The molecule has 1 aromatic heterocycles. The summed E-state index contributed by atoms with van der Waals surface area (Å²) in [4.78, 5) is 11.8. The van der Waals surface area contributed by atoms with Gasteiger partial charge in [0.25, 0.3) is 5.91 Å². The molecule has 2 aromatic rings. The summed E-state index contributed by atoms with van der Waals surface area (Å²) in [6.07, 6.45) is -4.50. The van der Waals surface area contributed by atoms with E-state index in [1.54, 1.807) is 0 Å². The van der Waals surface area contributed by atoms with E-state index in [1.165, 1.54) is 12.1 Å². The van der Waals surface area contributed by atoms with E-state index >= 15 is 0 Å². The topological polar surface area (TPSA) is 83.8 Å². The quantitative estimate of drug-likeness (QED) is 0.779. The van der Waals surface area contributed by atoms with Gasteiger partial charge >= 0.3 is 6.18 Å². The van der Waals surface area contributed by atoms with Crippen molar-refractivity contribution in [2.45, 2.75) is 6.18 Å². The van der Waals surface area contributed by atoms with Gasteiger partial charge in [-0.15, -0.1) is 0 Å². The smallest absolute Gasteiger partial charge is 0.382 e. The molecule has 0 spiro atoms. The first kappa shape index (κ1) is 14.4. The highest BCUT2D eigenvalue weighted by molar-refractivity contribution is 9.10. The van der Waals surface area contributed by atoms with Crippen molar-refractivity contribution in [3.05, 3.63) is 40.0 Å². The summed E-state index contributed by atoms with van der Waals surface area (Å²) in [7, 11) is 0. The number of rotatable bonds is 2. The van der Waals surface area contributed by atoms with Gasteiger partial charge in [-0.05, 0) is 18.2 Å². The maximum atomic E-state index is 12.6. The molecule has 1 amide bonds. The molecule has 106 valence electrons. The molecule has 0 fully saturated rings. The minimum Gasteiger partial charge on any atom is -0.382 e. The Hall–Kier alpha value is -2.03. The highest BCUT2D eigenvalue weighted by Crippen LogP contribution is 2.33. The lowest BCUT2D eigenvalue weighted by Gasteiger charge is -2.10. The molecule has 0 bridgehead atoms. The van der Waals surface area contributed by atoms with Crippen molar-refractivity contribution < 1.29 is 18.0 Å². The van der Waals surface area contributed by atoms with Crippen LogP contribution >= 0.6 is 15.9 Å². The van der Waals surface area contributed by atoms with E-state index in [0.717, 1.165) is 12.1 Å². The van der Waals surface area contributed by atoms with E-state index in [4.69, 9.17) is 5.73 Å². The zero-order chi connectivity index (χ0) is 14.9. The minimum atomic E-state index is -4.50. The van der Waals surface area contributed by atoms with Crippen LogP contribution in [0.5, 0.6) is 0 Å². The van der Waals surface area contributed by atoms with Crippen LogP contribution < -0.4 is 11.1 Å². The third-order valence-corrected chi connectivity index (χ3v) is 2.78. The Labute approximate surface area is 119 Å². The fourth-order valence-corrected chi connectivity index (χ4v) is 1.97. The average molecular weight is 349 g/mol. The highest BCUT2D eigenvalue weighted by Gasteiger charge is 2.31. The van der Waals surface area contributed by atoms with E-state index in [9.17, 15) is 18.0 Å². The standard InChI is InChI=1S/C11H8BrF3N4O/c12-6-1-5(11(13,14)15)2-7(3-6)17-10(20)8-4-9(16)19-18-8/h1-4H,(H,17,20)(H3,16,18,19). The van der Waals surface area contributed by atoms with Gasteiger partial charge in [0, 0.05) is 16.2 Å². The second kappa shape index (κ2) is 5.16. The van der Waals surface area contributed by atoms with Crippen molar-refractivity contribution in [3.63, 3.8) is 0 Å². The maximum absolute atomic E-state index is 12.6. The van der Waals surface area contributed by atoms with Crippen molar-refractivity contribution in [2.24, 2.45) is 0 Å². The monoisotopic (exact) mass is 348 g/mol. The number of carbonyl (C=O) groups is 1. The fraction of sp³-hybridized carbons (Fsp3) is 0.0909. The van der Waals surface area contributed by atoms with Crippen molar-refractivity contribution in [2.75, 3.05) is 11.1 Å². The molecule has 0 saturated carbocycles. The number of nitrogens with two attached hydrogens (primary N) is 1. The van der Waals surface area contributed by atoms with Crippen LogP contribution in [0.3, 0.4) is 0 Å². The van der Waals surface area contributed by atoms with Crippen molar-refractivity contribution >= 4 is 33.3 Å². The van der Waals surface area contributed by atoms with Crippen LogP contribution in [0.4, 0.5) is 24.7 Å². The summed E-state index contributed by atoms with van der Waals surface area (Å²) in [5.74, 6) is -0.527. The Kier molecular flexibility index (Phi) is 3.71. The number of carbonyl (C=O) groups excluding carboxylic acids is 1. The minimum absolute atomic E-state index is 0.00451. The number of amides is 1. The zero-order valence-electron chi connectivity index (χ0n) is 9.75. The van der Waals surface area contributed by atoms with Crippen LogP contribution in [0, 0.1) is 0 Å². The number of hydrogen-bond donors (Lipinski definition) is 3. The van der Waals surface area contributed by atoms with Crippen LogP contribution in [0.1, 0.15) is 16.1 Å². The largest absolute Gasteiger partial charge is 0.416 e. The molecule has 9 heteroatoms. The van der Waals surface area contributed by atoms with Gasteiger partial charge in [-0.25, -0.2) is 0 Å². The summed E-state index contributed by atoms with van der Waals surface area (Å²) in [5, 5.41) is 8.25. The number of benzene rings is 1. The molecule has 20 heavy (non-hydrogen) atoms. The number of aromatic amines is 1. The van der Waals surface area contributed by atoms with Gasteiger partial charge in [0.15, 0.2) is 0 Å². The SMILES string of the molecule is Nc1cc(C(=O)Nc2cc(Br)cc(C(F)(F)F)c2)[nH]n1. The zero-order valence-corrected chi connectivity index (χ0v) is 11.3. The number of nitrogens with zero attached hydrogens (tertiary/aromatic N) is 1. The summed E-state index contributed by atoms with van der Waals surface area (Å²) < 4.78 is 38.1. The molecule has 5 nitrogen and oxygen atoms in total. The molecule has 0 aliphatic rings. The van der Waals surface area contributed by atoms with E-state index in [2.05, 4.69) is 31.4 Å². The van der Waals surface area contributed by atoms with Crippen molar-refractivity contribution in [3.8, 4) is 0 Å². The molecule has 1 heterocycles. The van der Waals surface area contributed by atoms with E-state index in [1.807, 2.05) is 0 Å². The molecular formula is C11H8BrF3N4O. The molecule has 0 unspecified atom stereocenters. The average Bonchev–Trinajstić information content (AvgIpc) is 2.74. The predicted molar refractivity (Wildman–Crippen MR) is 70.1 cm³/mol. The van der Waals surface area contributed by atoms with Gasteiger partial charge in [-0.1, -0.05) is 15.9 Å². The number of aromatic nitrogens is 2. The van der Waals surface area contributed by atoms with Crippen LogP contribution in [-0.4, -0.2) is 16.1 Å². The fourth-order valence-electron chi connectivity index (χ4n) is 1.48. The molecule has 0 atom stereocenters. The third kappa shape index (κ3) is 3.29. The predicted octanol–water partition coefficient (Wildman–Crippen LogP) is 3.03. The maximum Gasteiger partial charge on any atom is 0.416 e. The first-order valence-corrected chi connectivity index (χ1v) is 6.05. The van der Waals surface area contributed by atoms with Crippen LogP contribution in [-0.2, 0) is 6.18 Å². The third-order valence-electron chi connectivity index (χ3n) is 2.33. The molecular weight excluding hydrogens is 341 g/mol. The molecule has 1 aromatic carbocycles. The summed E-state index contributed by atoms with van der Waals surface area (Å²) in [6, 6.07) is 4.39. The van der Waals surface area contributed by atoms with Gasteiger partial charge in [0.2, 0.25) is 0 Å². The number of hydrogen-bond acceptors (Lipinski definition) is 3. The summed E-state index contributed by atoms with van der Waals surface area (Å²) in [5.41, 5.74) is 4.52. The highest BCUT2D eigenvalue weighted by atomic mass is 79.9. The van der Waals surface area contributed by atoms with Crippen LogP contribution in [0.15, 0.2) is 28.7 Å². The number of nitrogen functional groups attached to an aromatic ring is 1. The molecule has 0 radical (unpaired) electrons. The van der Waals surface area contributed by atoms with Crippen molar-refractivity contribution in [1.82, 2.24) is 10.2 Å². The number of halogens is 4. The lowest BCUT2D eigenvalue weighted by molar-refractivity contribution is -0.137. The van der Waals surface area contributed by atoms with E-state index in [0.29, 0.717) is 0 Å². The number of anilines is 2. The van der Waals surface area contributed by atoms with Crippen LogP contribution in [0.2, 0.25) is 0 Å². The van der Waals surface area contributed by atoms with E-state index < -0.39 is 17.6 Å². The lowest BCUT2D eigenvalue weighted by atomic mass is 10.2. The molecule has 0 aliphatic heterocycles. The Balaban J connectivity index is 2.25. The second-order valence-electron chi connectivity index (χ2n) is 3.89. The van der Waals surface area contributed by atoms with E-state index in [-0.39, 0.29) is 21.7 Å². The number of alkyl halides is 3. The van der Waals surface area contributed by atoms with Gasteiger partial charge in [-0.2, -0.15) is 18.3 Å². The van der Waals surface area contributed by atoms with Gasteiger partial charge in [0.1, 0.15) is 11.5 Å². The molecule has 0 saturated heterocycles. The second-order valence-corrected chi connectivity index (χ2v) is 4.80. The normalized spacial score (nSPS) is 11.4. The van der Waals surface area contributed by atoms with Gasteiger partial charge in [-0.3, -0.25) is 9.89 Å². The van der Waals surface area contributed by atoms with Crippen LogP contribution in [0.25, 0.3) is 0 Å². The number of nitrogens with one attached hydrogen (secondary N) is 2. The Morgan fingerprint density at radius 3 is 2.55 bits per heavy atom. The Bertz CT molecular complexity index is 653. The summed E-state index contributed by atoms with van der Waals surface area (Å²) >= 11 is 2.96. The number of H-pyrrole nitrogens is 1. The summed E-state index contributed by atoms with van der Waals surface area (Å²) in [6.45, 7) is 0. The molecule has 0 aliphatic carbocycles. The first-order chi connectivity index (χ1) is 9.25. The lowest BCUT2D eigenvalue weighted by Crippen LogP contribution is -2.13. The molecule has 4 N–H and O–H groups in total. The van der Waals surface area contributed by atoms with Crippen molar-refractivity contribution in [1.29, 1.82) is 0 Å². The molecule has 2 rings (SSSR count). The Morgan fingerprint density at radius 1 is 1.30 bits per heavy atom. The van der Waals surface area contributed by atoms with Gasteiger partial charge in [0.05, 0.1) is 5.56 Å². The van der Waals surface area contributed by atoms with Gasteiger partial charge < -0.3 is 11.1 Å². The first-order valence-electron chi connectivity index (χ1n) is 5.26. The Morgan fingerprint density at radius 2 is 2.00 bits per heavy atom.